The standard InChI is InChI=1S/C30H33N7O2/c1-21-17-25(39-34-21)20-36-26(15-14-22-9-4-2-5-10-22)32-28-27(29(36)38)37(18-23-11-6-3-7-12-23)30(33-28)35-16-8-13-24(31)19-35/h2-7,9-12,17,24H,8,13-16,18-20,31H2,1H3. The van der Waals surface area contributed by atoms with Crippen molar-refractivity contribution in [3.05, 3.63) is 105 Å². The Labute approximate surface area is 226 Å². The van der Waals surface area contributed by atoms with Crippen LogP contribution >= 0.6 is 0 Å². The van der Waals surface area contributed by atoms with Crippen molar-refractivity contribution in [1.29, 1.82) is 0 Å². The van der Waals surface area contributed by atoms with Crippen LogP contribution in [-0.4, -0.2) is 43.4 Å². The Balaban J connectivity index is 1.50. The van der Waals surface area contributed by atoms with Gasteiger partial charge < -0.3 is 15.2 Å². The molecule has 2 N–H and O–H groups in total. The molecule has 1 unspecified atom stereocenters. The number of rotatable bonds is 8. The highest BCUT2D eigenvalue weighted by Crippen LogP contribution is 2.25. The number of aryl methyl sites for hydroxylation is 3. The van der Waals surface area contributed by atoms with Gasteiger partial charge in [-0.05, 0) is 37.3 Å². The fraction of sp³-hybridized carbons (Fsp3) is 0.333. The van der Waals surface area contributed by atoms with E-state index in [0.29, 0.717) is 42.3 Å². The average molecular weight is 524 g/mol. The number of hydrogen-bond acceptors (Lipinski definition) is 7. The molecule has 39 heavy (non-hydrogen) atoms. The maximum Gasteiger partial charge on any atom is 0.280 e. The minimum absolute atomic E-state index is 0.0736. The van der Waals surface area contributed by atoms with Crippen molar-refractivity contribution in [2.45, 2.75) is 51.7 Å². The molecule has 1 aliphatic heterocycles. The molecule has 6 rings (SSSR count). The minimum Gasteiger partial charge on any atom is -0.359 e. The highest BCUT2D eigenvalue weighted by atomic mass is 16.5. The van der Waals surface area contributed by atoms with Gasteiger partial charge in [-0.3, -0.25) is 13.9 Å². The van der Waals surface area contributed by atoms with Gasteiger partial charge in [-0.15, -0.1) is 0 Å². The lowest BCUT2D eigenvalue weighted by Gasteiger charge is -2.31. The van der Waals surface area contributed by atoms with Gasteiger partial charge in [0.2, 0.25) is 5.95 Å². The van der Waals surface area contributed by atoms with Gasteiger partial charge in [-0.2, -0.15) is 4.98 Å². The largest absolute Gasteiger partial charge is 0.359 e. The maximum absolute atomic E-state index is 14.3. The van der Waals surface area contributed by atoms with E-state index in [4.69, 9.17) is 20.2 Å². The van der Waals surface area contributed by atoms with Gasteiger partial charge in [-0.25, -0.2) is 4.98 Å². The van der Waals surface area contributed by atoms with Gasteiger partial charge in [-0.1, -0.05) is 65.8 Å². The number of piperidine rings is 1. The van der Waals surface area contributed by atoms with E-state index in [0.717, 1.165) is 43.0 Å². The number of fused-ring (bicyclic) bond motifs is 1. The summed E-state index contributed by atoms with van der Waals surface area (Å²) in [6.07, 6.45) is 3.33. The summed E-state index contributed by atoms with van der Waals surface area (Å²) in [7, 11) is 0. The zero-order chi connectivity index (χ0) is 26.8. The van der Waals surface area contributed by atoms with Crippen LogP contribution in [0.15, 0.2) is 76.0 Å². The second kappa shape index (κ2) is 10.9. The summed E-state index contributed by atoms with van der Waals surface area (Å²) in [6, 6.07) is 22.3. The van der Waals surface area contributed by atoms with Gasteiger partial charge in [0.1, 0.15) is 5.82 Å². The summed E-state index contributed by atoms with van der Waals surface area (Å²) in [4.78, 5) is 26.5. The van der Waals surface area contributed by atoms with Gasteiger partial charge in [0.05, 0.1) is 18.8 Å². The molecular weight excluding hydrogens is 490 g/mol. The number of benzene rings is 2. The lowest BCUT2D eigenvalue weighted by molar-refractivity contribution is 0.369. The van der Waals surface area contributed by atoms with Gasteiger partial charge >= 0.3 is 0 Å². The van der Waals surface area contributed by atoms with Crippen LogP contribution in [0.25, 0.3) is 11.2 Å². The molecule has 200 valence electrons. The van der Waals surface area contributed by atoms with E-state index in [1.165, 1.54) is 5.56 Å². The van der Waals surface area contributed by atoms with Crippen LogP contribution in [0.1, 0.15) is 41.2 Å². The summed E-state index contributed by atoms with van der Waals surface area (Å²) >= 11 is 0. The Kier molecular flexibility index (Phi) is 6.98. The molecule has 0 amide bonds. The Hall–Kier alpha value is -4.24. The topological polar surface area (TPSA) is 108 Å². The zero-order valence-electron chi connectivity index (χ0n) is 22.2. The Morgan fingerprint density at radius 1 is 0.949 bits per heavy atom. The highest BCUT2D eigenvalue weighted by Gasteiger charge is 2.26. The molecule has 4 heterocycles. The molecule has 0 spiro atoms. The number of nitrogens with zero attached hydrogens (tertiary/aromatic N) is 6. The van der Waals surface area contributed by atoms with Crippen molar-refractivity contribution in [3.8, 4) is 0 Å². The average Bonchev–Trinajstić information content (AvgIpc) is 3.53. The first-order valence-electron chi connectivity index (χ1n) is 13.6. The van der Waals surface area contributed by atoms with Crippen LogP contribution in [0.3, 0.4) is 0 Å². The summed E-state index contributed by atoms with van der Waals surface area (Å²) in [6.45, 7) is 4.19. The number of hydrogen-bond donors (Lipinski definition) is 1. The normalized spacial score (nSPS) is 15.7. The molecule has 3 aromatic heterocycles. The molecule has 0 saturated carbocycles. The fourth-order valence-corrected chi connectivity index (χ4v) is 5.40. The van der Waals surface area contributed by atoms with Crippen LogP contribution in [0, 0.1) is 6.92 Å². The first-order valence-corrected chi connectivity index (χ1v) is 13.6. The van der Waals surface area contributed by atoms with Crippen LogP contribution in [0.2, 0.25) is 0 Å². The predicted molar refractivity (Wildman–Crippen MR) is 151 cm³/mol. The molecule has 0 radical (unpaired) electrons. The maximum atomic E-state index is 14.3. The Morgan fingerprint density at radius 3 is 2.38 bits per heavy atom. The second-order valence-corrected chi connectivity index (χ2v) is 10.3. The molecule has 9 nitrogen and oxygen atoms in total. The van der Waals surface area contributed by atoms with Crippen molar-refractivity contribution < 1.29 is 4.52 Å². The third kappa shape index (κ3) is 5.35. The highest BCUT2D eigenvalue weighted by molar-refractivity contribution is 5.74. The lowest BCUT2D eigenvalue weighted by Crippen LogP contribution is -2.44. The first kappa shape index (κ1) is 25.1. The SMILES string of the molecule is Cc1cc(Cn2c(CCc3ccccc3)nc3nc(N4CCCC(N)C4)n(Cc4ccccc4)c3c2=O)on1. The number of nitrogens with two attached hydrogens (primary N) is 1. The van der Waals surface area contributed by atoms with Gasteiger partial charge in [0.25, 0.3) is 5.56 Å². The Morgan fingerprint density at radius 2 is 1.69 bits per heavy atom. The van der Waals surface area contributed by atoms with Gasteiger partial charge in [0, 0.05) is 31.6 Å². The van der Waals surface area contributed by atoms with E-state index in [9.17, 15) is 4.79 Å². The van der Waals surface area contributed by atoms with Crippen molar-refractivity contribution in [3.63, 3.8) is 0 Å². The molecule has 1 atom stereocenters. The lowest BCUT2D eigenvalue weighted by atomic mass is 10.1. The van der Waals surface area contributed by atoms with E-state index >= 15 is 0 Å². The molecule has 0 aliphatic carbocycles. The summed E-state index contributed by atoms with van der Waals surface area (Å²) < 4.78 is 9.25. The van der Waals surface area contributed by atoms with Crippen LogP contribution in [-0.2, 0) is 25.9 Å². The fourth-order valence-electron chi connectivity index (χ4n) is 5.40. The number of imidazole rings is 1. The first-order chi connectivity index (χ1) is 19.0. The Bertz CT molecular complexity index is 1620. The van der Waals surface area contributed by atoms with Crippen LogP contribution < -0.4 is 16.2 Å². The summed E-state index contributed by atoms with van der Waals surface area (Å²) in [5, 5.41) is 4.03. The van der Waals surface area contributed by atoms with Crippen molar-refractivity contribution in [2.24, 2.45) is 5.73 Å². The van der Waals surface area contributed by atoms with E-state index in [1.807, 2.05) is 54.0 Å². The minimum atomic E-state index is -0.131. The molecule has 1 aliphatic rings. The number of anilines is 1. The van der Waals surface area contributed by atoms with E-state index < -0.39 is 0 Å². The van der Waals surface area contributed by atoms with Crippen molar-refractivity contribution in [2.75, 3.05) is 18.0 Å². The smallest absolute Gasteiger partial charge is 0.280 e. The monoisotopic (exact) mass is 523 g/mol. The van der Waals surface area contributed by atoms with Crippen molar-refractivity contribution in [1.82, 2.24) is 24.3 Å². The summed E-state index contributed by atoms with van der Waals surface area (Å²) in [5.74, 6) is 2.04. The van der Waals surface area contributed by atoms with Crippen LogP contribution in [0.4, 0.5) is 5.95 Å². The van der Waals surface area contributed by atoms with E-state index in [1.54, 1.807) is 4.57 Å². The van der Waals surface area contributed by atoms with Crippen LogP contribution in [0.5, 0.6) is 0 Å². The molecule has 0 bridgehead atoms. The van der Waals surface area contributed by atoms with Crippen molar-refractivity contribution >= 4 is 17.1 Å². The molecule has 2 aromatic carbocycles. The molecule has 1 saturated heterocycles. The van der Waals surface area contributed by atoms with Gasteiger partial charge in [0.15, 0.2) is 16.9 Å². The zero-order valence-corrected chi connectivity index (χ0v) is 22.2. The number of aromatic nitrogens is 5. The van der Waals surface area contributed by atoms with E-state index in [2.05, 4.69) is 34.3 Å². The second-order valence-electron chi connectivity index (χ2n) is 10.3. The van der Waals surface area contributed by atoms with E-state index in [-0.39, 0.29) is 18.1 Å². The molecule has 1 fully saturated rings. The molecular formula is C30H33N7O2. The summed E-state index contributed by atoms with van der Waals surface area (Å²) in [5.41, 5.74) is 10.2. The third-order valence-electron chi connectivity index (χ3n) is 7.32. The quantitative estimate of drug-likeness (QED) is 0.330. The molecule has 9 heteroatoms. The predicted octanol–water partition coefficient (Wildman–Crippen LogP) is 3.70. The third-order valence-corrected chi connectivity index (χ3v) is 7.32. The molecule has 5 aromatic rings.